The number of rotatable bonds is 6. The van der Waals surface area contributed by atoms with Crippen LogP contribution in [0.25, 0.3) is 0 Å². The number of nitrogens with zero attached hydrogens (tertiary/aromatic N) is 1. The number of nitrogens with two attached hydrogens (primary N) is 1. The molecule has 0 radical (unpaired) electrons. The fraction of sp³-hybridized carbons (Fsp3) is 0.923. The lowest BCUT2D eigenvalue weighted by Crippen LogP contribution is -2.45. The average molecular weight is 242 g/mol. The standard InChI is InChI=1S/C13H26N2O2/c1-3-6-11-7-4-5-8-15(11)13(16)9-12(10-14)17-2/h11-12H,3-10,14H2,1-2H3. The van der Waals surface area contributed by atoms with Crippen LogP contribution in [0.1, 0.15) is 45.4 Å². The zero-order valence-electron chi connectivity index (χ0n) is 11.2. The van der Waals surface area contributed by atoms with Gasteiger partial charge in [-0.15, -0.1) is 0 Å². The first-order chi connectivity index (χ1) is 8.22. The van der Waals surface area contributed by atoms with Gasteiger partial charge in [-0.25, -0.2) is 0 Å². The highest BCUT2D eigenvalue weighted by Gasteiger charge is 2.27. The van der Waals surface area contributed by atoms with Crippen molar-refractivity contribution in [2.75, 3.05) is 20.2 Å². The monoisotopic (exact) mass is 242 g/mol. The Labute approximate surface area is 104 Å². The molecule has 0 bridgehead atoms. The van der Waals surface area contributed by atoms with Gasteiger partial charge in [0.05, 0.1) is 12.5 Å². The molecule has 4 nitrogen and oxygen atoms in total. The van der Waals surface area contributed by atoms with Crippen LogP contribution in [0.5, 0.6) is 0 Å². The Morgan fingerprint density at radius 2 is 2.29 bits per heavy atom. The quantitative estimate of drug-likeness (QED) is 0.768. The van der Waals surface area contributed by atoms with E-state index in [9.17, 15) is 4.79 Å². The summed E-state index contributed by atoms with van der Waals surface area (Å²) in [4.78, 5) is 14.3. The predicted octanol–water partition coefficient (Wildman–Crippen LogP) is 1.53. The van der Waals surface area contributed by atoms with Crippen molar-refractivity contribution in [2.24, 2.45) is 5.73 Å². The number of likely N-dealkylation sites (tertiary alicyclic amines) is 1. The van der Waals surface area contributed by atoms with E-state index in [2.05, 4.69) is 11.8 Å². The maximum atomic E-state index is 12.2. The van der Waals surface area contributed by atoms with Crippen LogP contribution in [0.15, 0.2) is 0 Å². The number of methoxy groups -OCH3 is 1. The van der Waals surface area contributed by atoms with Crippen LogP contribution >= 0.6 is 0 Å². The molecule has 1 aliphatic rings. The summed E-state index contributed by atoms with van der Waals surface area (Å²) >= 11 is 0. The van der Waals surface area contributed by atoms with Crippen molar-refractivity contribution in [3.05, 3.63) is 0 Å². The van der Waals surface area contributed by atoms with Crippen LogP contribution in [0, 0.1) is 0 Å². The number of amides is 1. The molecule has 4 heteroatoms. The van der Waals surface area contributed by atoms with Gasteiger partial charge < -0.3 is 15.4 Å². The van der Waals surface area contributed by atoms with E-state index < -0.39 is 0 Å². The SMILES string of the molecule is CCCC1CCCCN1C(=O)CC(CN)OC. The highest BCUT2D eigenvalue weighted by Crippen LogP contribution is 2.22. The molecule has 0 aromatic carbocycles. The minimum atomic E-state index is -0.133. The fourth-order valence-corrected chi connectivity index (χ4v) is 2.54. The average Bonchev–Trinajstić information content (AvgIpc) is 2.36. The smallest absolute Gasteiger partial charge is 0.225 e. The Morgan fingerprint density at radius 1 is 1.53 bits per heavy atom. The van der Waals surface area contributed by atoms with E-state index in [1.54, 1.807) is 7.11 Å². The van der Waals surface area contributed by atoms with Gasteiger partial charge in [0.25, 0.3) is 0 Å². The summed E-state index contributed by atoms with van der Waals surface area (Å²) in [7, 11) is 1.62. The molecule has 2 atom stereocenters. The predicted molar refractivity (Wildman–Crippen MR) is 68.7 cm³/mol. The van der Waals surface area contributed by atoms with E-state index in [-0.39, 0.29) is 12.0 Å². The molecule has 1 aliphatic heterocycles. The van der Waals surface area contributed by atoms with Crippen LogP contribution in [0.3, 0.4) is 0 Å². The van der Waals surface area contributed by atoms with E-state index in [4.69, 9.17) is 10.5 Å². The maximum Gasteiger partial charge on any atom is 0.225 e. The largest absolute Gasteiger partial charge is 0.380 e. The first-order valence-electron chi connectivity index (χ1n) is 6.75. The molecule has 0 aromatic rings. The topological polar surface area (TPSA) is 55.6 Å². The molecule has 0 aromatic heterocycles. The second-order valence-electron chi connectivity index (χ2n) is 4.82. The minimum Gasteiger partial charge on any atom is -0.380 e. The molecule has 1 amide bonds. The Kier molecular flexibility index (Phi) is 6.52. The Bertz CT molecular complexity index is 227. The first kappa shape index (κ1) is 14.5. The summed E-state index contributed by atoms with van der Waals surface area (Å²) in [6.07, 6.45) is 6.08. The minimum absolute atomic E-state index is 0.133. The summed E-state index contributed by atoms with van der Waals surface area (Å²) in [5.74, 6) is 0.209. The molecule has 0 spiro atoms. The van der Waals surface area contributed by atoms with Gasteiger partial charge in [0, 0.05) is 26.2 Å². The lowest BCUT2D eigenvalue weighted by molar-refractivity contribution is -0.137. The second-order valence-corrected chi connectivity index (χ2v) is 4.82. The fourth-order valence-electron chi connectivity index (χ4n) is 2.54. The van der Waals surface area contributed by atoms with Crippen LogP contribution in [0.2, 0.25) is 0 Å². The van der Waals surface area contributed by atoms with Gasteiger partial charge in [-0.2, -0.15) is 0 Å². The van der Waals surface area contributed by atoms with Crippen molar-refractivity contribution in [3.63, 3.8) is 0 Å². The number of piperidine rings is 1. The van der Waals surface area contributed by atoms with Gasteiger partial charge in [0.15, 0.2) is 0 Å². The van der Waals surface area contributed by atoms with Gasteiger partial charge in [-0.3, -0.25) is 4.79 Å². The molecule has 1 heterocycles. The number of carbonyl (C=O) groups is 1. The number of ether oxygens (including phenoxy) is 1. The third kappa shape index (κ3) is 4.28. The van der Waals surface area contributed by atoms with Crippen molar-refractivity contribution in [1.82, 2.24) is 4.90 Å². The number of hydrogen-bond donors (Lipinski definition) is 1. The summed E-state index contributed by atoms with van der Waals surface area (Å²) in [5.41, 5.74) is 5.56. The molecule has 1 fully saturated rings. The summed E-state index contributed by atoms with van der Waals surface area (Å²) < 4.78 is 5.18. The highest BCUT2D eigenvalue weighted by molar-refractivity contribution is 5.77. The summed E-state index contributed by atoms with van der Waals surface area (Å²) in [5, 5.41) is 0. The molecule has 2 N–H and O–H groups in total. The number of carbonyl (C=O) groups excluding carboxylic acids is 1. The van der Waals surface area contributed by atoms with E-state index in [1.807, 2.05) is 0 Å². The van der Waals surface area contributed by atoms with Gasteiger partial charge in [0.1, 0.15) is 0 Å². The molecule has 1 saturated heterocycles. The molecule has 0 aliphatic carbocycles. The number of hydrogen-bond acceptors (Lipinski definition) is 3. The molecule has 0 saturated carbocycles. The molecular formula is C13H26N2O2. The zero-order chi connectivity index (χ0) is 12.7. The van der Waals surface area contributed by atoms with Crippen molar-refractivity contribution >= 4 is 5.91 Å². The first-order valence-corrected chi connectivity index (χ1v) is 6.75. The lowest BCUT2D eigenvalue weighted by atomic mass is 9.97. The zero-order valence-corrected chi connectivity index (χ0v) is 11.2. The van der Waals surface area contributed by atoms with Crippen molar-refractivity contribution in [1.29, 1.82) is 0 Å². The second kappa shape index (κ2) is 7.67. The summed E-state index contributed by atoms with van der Waals surface area (Å²) in [6, 6.07) is 0.441. The molecule has 100 valence electrons. The van der Waals surface area contributed by atoms with Crippen LogP contribution < -0.4 is 5.73 Å². The molecule has 17 heavy (non-hydrogen) atoms. The molecular weight excluding hydrogens is 216 g/mol. The molecule has 1 rings (SSSR count). The van der Waals surface area contributed by atoms with Crippen LogP contribution in [0.4, 0.5) is 0 Å². The van der Waals surface area contributed by atoms with Gasteiger partial charge in [-0.1, -0.05) is 13.3 Å². The van der Waals surface area contributed by atoms with Crippen LogP contribution in [-0.2, 0) is 9.53 Å². The van der Waals surface area contributed by atoms with E-state index in [1.165, 1.54) is 6.42 Å². The van der Waals surface area contributed by atoms with E-state index >= 15 is 0 Å². The van der Waals surface area contributed by atoms with E-state index in [0.29, 0.717) is 19.0 Å². The van der Waals surface area contributed by atoms with Crippen molar-refractivity contribution < 1.29 is 9.53 Å². The van der Waals surface area contributed by atoms with E-state index in [0.717, 1.165) is 32.2 Å². The normalized spacial score (nSPS) is 22.5. The van der Waals surface area contributed by atoms with Crippen molar-refractivity contribution in [2.45, 2.75) is 57.6 Å². The Balaban J connectivity index is 2.52. The van der Waals surface area contributed by atoms with Gasteiger partial charge in [-0.05, 0) is 25.7 Å². The third-order valence-corrected chi connectivity index (χ3v) is 3.57. The Morgan fingerprint density at radius 3 is 2.88 bits per heavy atom. The third-order valence-electron chi connectivity index (χ3n) is 3.57. The lowest BCUT2D eigenvalue weighted by Gasteiger charge is -2.36. The van der Waals surface area contributed by atoms with Crippen molar-refractivity contribution in [3.8, 4) is 0 Å². The maximum absolute atomic E-state index is 12.2. The Hall–Kier alpha value is -0.610. The van der Waals surface area contributed by atoms with Gasteiger partial charge >= 0.3 is 0 Å². The van der Waals surface area contributed by atoms with Gasteiger partial charge in [0.2, 0.25) is 5.91 Å². The van der Waals surface area contributed by atoms with Crippen LogP contribution in [-0.4, -0.2) is 43.2 Å². The summed E-state index contributed by atoms with van der Waals surface area (Å²) in [6.45, 7) is 3.49. The highest BCUT2D eigenvalue weighted by atomic mass is 16.5. The molecule has 2 unspecified atom stereocenters.